The van der Waals surface area contributed by atoms with Crippen LogP contribution in [0.5, 0.6) is 0 Å². The minimum Gasteiger partial charge on any atom is -0.465 e. The monoisotopic (exact) mass is 717 g/mol. The summed E-state index contributed by atoms with van der Waals surface area (Å²) in [4.78, 5) is 54.7. The number of nitrogens with zero attached hydrogens (tertiary/aromatic N) is 3. The Morgan fingerprint density at radius 3 is 2.17 bits per heavy atom. The molecule has 4 saturated carbocycles. The Morgan fingerprint density at radius 2 is 1.54 bits per heavy atom. The van der Waals surface area contributed by atoms with E-state index < -0.39 is 28.2 Å². The maximum Gasteiger partial charge on any atom is 0.352 e. The zero-order valence-corrected chi connectivity index (χ0v) is 32.4. The van der Waals surface area contributed by atoms with Gasteiger partial charge >= 0.3 is 23.3 Å². The number of esters is 2. The Morgan fingerprint density at radius 1 is 0.865 bits per heavy atom. The SMILES string of the molecule is CC(=O)OC[C@]12CCC3(C(C)C)C1=C1C(CC4[C@@]5(C)CC[C@H](OC(C)=O)C(C)(C)C5CC[C@@]4(C)[C@]1(C)CC2)n1c(=O)n(-c2ccc(F)cc2)c(=O)n13. The van der Waals surface area contributed by atoms with Crippen molar-refractivity contribution in [2.75, 3.05) is 6.61 Å². The molecule has 0 radical (unpaired) electrons. The lowest BCUT2D eigenvalue weighted by Crippen LogP contribution is -2.67. The van der Waals surface area contributed by atoms with Crippen molar-refractivity contribution < 1.29 is 23.5 Å². The zero-order chi connectivity index (χ0) is 37.6. The van der Waals surface area contributed by atoms with Crippen molar-refractivity contribution in [3.63, 3.8) is 0 Å². The van der Waals surface area contributed by atoms with E-state index in [4.69, 9.17) is 9.47 Å². The molecule has 9 nitrogen and oxygen atoms in total. The van der Waals surface area contributed by atoms with E-state index in [1.54, 1.807) is 4.68 Å². The molecule has 1 aromatic heterocycles. The van der Waals surface area contributed by atoms with Gasteiger partial charge in [-0.25, -0.2) is 27.9 Å². The van der Waals surface area contributed by atoms with Gasteiger partial charge in [0.15, 0.2) is 0 Å². The molecule has 0 amide bonds. The molecule has 8 rings (SSSR count). The van der Waals surface area contributed by atoms with E-state index in [1.807, 2.05) is 4.68 Å². The minimum absolute atomic E-state index is 0.0407. The molecule has 282 valence electrons. The van der Waals surface area contributed by atoms with E-state index >= 15 is 9.59 Å². The van der Waals surface area contributed by atoms with Crippen LogP contribution < -0.4 is 11.4 Å². The van der Waals surface area contributed by atoms with Gasteiger partial charge < -0.3 is 9.47 Å². The summed E-state index contributed by atoms with van der Waals surface area (Å²) in [5, 5.41) is 0. The van der Waals surface area contributed by atoms with Gasteiger partial charge in [-0.1, -0.05) is 48.5 Å². The molecule has 0 saturated heterocycles. The van der Waals surface area contributed by atoms with Gasteiger partial charge in [0, 0.05) is 24.7 Å². The van der Waals surface area contributed by atoms with Gasteiger partial charge in [-0.2, -0.15) is 0 Å². The van der Waals surface area contributed by atoms with Crippen LogP contribution in [0.1, 0.15) is 126 Å². The first-order valence-electron chi connectivity index (χ1n) is 19.6. The maximum absolute atomic E-state index is 15.1. The highest BCUT2D eigenvalue weighted by Crippen LogP contribution is 2.79. The van der Waals surface area contributed by atoms with Crippen molar-refractivity contribution in [3.05, 3.63) is 62.2 Å². The number of rotatable bonds is 5. The number of hydrogen-bond acceptors (Lipinski definition) is 6. The van der Waals surface area contributed by atoms with E-state index in [1.165, 1.54) is 53.8 Å². The van der Waals surface area contributed by atoms with Crippen LogP contribution in [-0.2, 0) is 24.6 Å². The number of ether oxygens (including phenoxy) is 2. The molecule has 1 aromatic carbocycles. The lowest BCUT2D eigenvalue weighted by molar-refractivity contribution is -0.218. The lowest BCUT2D eigenvalue weighted by atomic mass is 9.33. The molecule has 6 aliphatic rings. The Balaban J connectivity index is 1.40. The smallest absolute Gasteiger partial charge is 0.352 e. The van der Waals surface area contributed by atoms with Crippen molar-refractivity contribution in [1.82, 2.24) is 13.9 Å². The molecular formula is C42H56FN3O6. The number of hydrogen-bond donors (Lipinski definition) is 0. The summed E-state index contributed by atoms with van der Waals surface area (Å²) in [6, 6.07) is 5.25. The molecule has 52 heavy (non-hydrogen) atoms. The summed E-state index contributed by atoms with van der Waals surface area (Å²) in [5.41, 5.74) is 0.134. The van der Waals surface area contributed by atoms with Crippen LogP contribution in [0.4, 0.5) is 4.39 Å². The largest absolute Gasteiger partial charge is 0.465 e. The third-order valence-electron chi connectivity index (χ3n) is 16.5. The first-order chi connectivity index (χ1) is 24.3. The molecule has 1 aliphatic heterocycles. The fraction of sp³-hybridized carbons (Fsp3) is 0.714. The highest BCUT2D eigenvalue weighted by atomic mass is 19.1. The summed E-state index contributed by atoms with van der Waals surface area (Å²) in [7, 11) is 0. The lowest BCUT2D eigenvalue weighted by Gasteiger charge is -2.72. The Kier molecular flexibility index (Phi) is 7.57. The predicted molar refractivity (Wildman–Crippen MR) is 194 cm³/mol. The second-order valence-corrected chi connectivity index (χ2v) is 19.1. The van der Waals surface area contributed by atoms with Crippen molar-refractivity contribution >= 4 is 11.9 Å². The predicted octanol–water partition coefficient (Wildman–Crippen LogP) is 7.48. The van der Waals surface area contributed by atoms with Crippen molar-refractivity contribution in [2.45, 2.75) is 138 Å². The molecule has 2 heterocycles. The number of carbonyl (C=O) groups is 2. The number of fused-ring (bicyclic) bond motifs is 7. The summed E-state index contributed by atoms with van der Waals surface area (Å²) < 4.78 is 31.0. The fourth-order valence-corrected chi connectivity index (χ4v) is 14.0. The quantitative estimate of drug-likeness (QED) is 0.235. The van der Waals surface area contributed by atoms with Crippen molar-refractivity contribution in [2.24, 2.45) is 44.8 Å². The van der Waals surface area contributed by atoms with Gasteiger partial charge in [-0.05, 0) is 127 Å². The standard InChI is InChI=1S/C42H56FN3O6/c1-24(2)42-21-20-41(23-51-25(3)47)19-18-40(9)33(34(41)42)29(45-35(49)44(36(50)46(42)45)28-12-10-27(43)11-13-28)22-31-38(7)16-15-32(52-26(4)48)37(5,6)30(38)14-17-39(31,40)8/h10-13,24,29-32H,14-23H2,1-9H3/t29?,30?,31?,32-,38-,39+,40+,41-,42?/m0/s1. The van der Waals surface area contributed by atoms with Crippen molar-refractivity contribution in [3.8, 4) is 5.69 Å². The van der Waals surface area contributed by atoms with E-state index in [0.717, 1.165) is 44.9 Å². The number of halogens is 1. The Labute approximate surface area is 305 Å². The summed E-state index contributed by atoms with van der Waals surface area (Å²) in [6.45, 7) is 19.5. The van der Waals surface area contributed by atoms with Crippen LogP contribution in [-0.4, -0.2) is 38.6 Å². The van der Waals surface area contributed by atoms with E-state index in [-0.39, 0.29) is 64.2 Å². The number of aromatic nitrogens is 3. The third-order valence-corrected chi connectivity index (χ3v) is 16.5. The first-order valence-corrected chi connectivity index (χ1v) is 19.6. The molecular weight excluding hydrogens is 661 g/mol. The number of carbonyl (C=O) groups excluding carboxylic acids is 2. The third kappa shape index (κ3) is 4.21. The van der Waals surface area contributed by atoms with Gasteiger partial charge in [-0.3, -0.25) is 9.59 Å². The van der Waals surface area contributed by atoms with Crippen LogP contribution in [0.15, 0.2) is 45.0 Å². The van der Waals surface area contributed by atoms with Crippen molar-refractivity contribution in [1.29, 1.82) is 0 Å². The van der Waals surface area contributed by atoms with Crippen LogP contribution in [0.25, 0.3) is 5.69 Å². The summed E-state index contributed by atoms with van der Waals surface area (Å²) >= 11 is 0. The molecule has 10 heteroatoms. The van der Waals surface area contributed by atoms with Gasteiger partial charge in [0.2, 0.25) is 0 Å². The fourth-order valence-electron chi connectivity index (χ4n) is 14.0. The van der Waals surface area contributed by atoms with Gasteiger partial charge in [0.1, 0.15) is 18.5 Å². The van der Waals surface area contributed by atoms with Gasteiger partial charge in [0.25, 0.3) is 0 Å². The van der Waals surface area contributed by atoms with Crippen LogP contribution in [0.3, 0.4) is 0 Å². The van der Waals surface area contributed by atoms with Crippen LogP contribution in [0, 0.1) is 50.6 Å². The maximum atomic E-state index is 15.1. The molecule has 5 aliphatic carbocycles. The van der Waals surface area contributed by atoms with E-state index in [2.05, 4.69) is 48.5 Å². The average Bonchev–Trinajstić information content (AvgIpc) is 3.55. The second kappa shape index (κ2) is 11.1. The Hall–Kier alpha value is -3.43. The Bertz CT molecular complexity index is 2020. The zero-order valence-electron chi connectivity index (χ0n) is 32.4. The molecule has 0 spiro atoms. The highest BCUT2D eigenvalue weighted by molar-refractivity contribution is 5.66. The molecule has 0 N–H and O–H groups in total. The van der Waals surface area contributed by atoms with Crippen LogP contribution in [0.2, 0.25) is 0 Å². The van der Waals surface area contributed by atoms with E-state index in [9.17, 15) is 14.0 Å². The summed E-state index contributed by atoms with van der Waals surface area (Å²) in [5.74, 6) is -0.508. The topological polar surface area (TPSA) is 102 Å². The minimum atomic E-state index is -0.788. The number of allylic oxidation sites excluding steroid dienone is 1. The molecule has 0 bridgehead atoms. The normalized spacial score (nSPS) is 39.7. The highest BCUT2D eigenvalue weighted by Gasteiger charge is 2.73. The van der Waals surface area contributed by atoms with Crippen LogP contribution >= 0.6 is 0 Å². The molecule has 4 fully saturated rings. The molecule has 4 unspecified atom stereocenters. The van der Waals surface area contributed by atoms with E-state index in [0.29, 0.717) is 24.4 Å². The molecule has 2 aromatic rings. The van der Waals surface area contributed by atoms with Gasteiger partial charge in [-0.15, -0.1) is 0 Å². The first kappa shape index (κ1) is 35.6. The second-order valence-electron chi connectivity index (χ2n) is 19.1. The molecule has 9 atom stereocenters. The number of benzene rings is 1. The summed E-state index contributed by atoms with van der Waals surface area (Å²) in [6.07, 6.45) is 7.46. The average molecular weight is 718 g/mol. The van der Waals surface area contributed by atoms with Gasteiger partial charge in [0.05, 0.1) is 17.3 Å².